The van der Waals surface area contributed by atoms with Crippen molar-refractivity contribution in [1.82, 2.24) is 0 Å². The van der Waals surface area contributed by atoms with Crippen LogP contribution in [0.15, 0.2) is 34.9 Å². The predicted octanol–water partition coefficient (Wildman–Crippen LogP) is 4.61. The Balaban J connectivity index is 2.31. The lowest BCUT2D eigenvalue weighted by molar-refractivity contribution is 0.641. The maximum absolute atomic E-state index is 6.22. The van der Waals surface area contributed by atoms with E-state index in [0.29, 0.717) is 0 Å². The molecule has 1 aliphatic rings. The van der Waals surface area contributed by atoms with Crippen molar-refractivity contribution >= 4 is 33.2 Å². The molecule has 0 aromatic heterocycles. The highest BCUT2D eigenvalue weighted by molar-refractivity contribution is 9.10. The molecule has 0 bridgehead atoms. The number of piperidine rings is 1. The van der Waals surface area contributed by atoms with Crippen LogP contribution < -0.4 is 4.90 Å². The minimum absolute atomic E-state index is 0.785. The molecule has 0 N–H and O–H groups in total. The molecule has 0 amide bonds. The number of allylic oxidation sites excluding steroid dienone is 1. The standard InChI is InChI=1S/C12H13BrClN/c1-9-4-2-3-7-15(9)12-6-5-10(13)8-11(12)14/h5-6,8H,1-4,7H2. The van der Waals surface area contributed by atoms with E-state index in [-0.39, 0.29) is 0 Å². The zero-order valence-corrected chi connectivity index (χ0v) is 10.8. The van der Waals surface area contributed by atoms with Crippen LogP contribution in [0.25, 0.3) is 0 Å². The average Bonchev–Trinajstić information content (AvgIpc) is 2.20. The molecule has 3 heteroatoms. The van der Waals surface area contributed by atoms with Crippen molar-refractivity contribution in [2.45, 2.75) is 19.3 Å². The maximum Gasteiger partial charge on any atom is 0.0654 e. The van der Waals surface area contributed by atoms with Crippen molar-refractivity contribution in [3.63, 3.8) is 0 Å². The van der Waals surface area contributed by atoms with Crippen LogP contribution in [0.3, 0.4) is 0 Å². The van der Waals surface area contributed by atoms with E-state index in [2.05, 4.69) is 27.4 Å². The summed E-state index contributed by atoms with van der Waals surface area (Å²) < 4.78 is 1.01. The van der Waals surface area contributed by atoms with Crippen molar-refractivity contribution in [3.8, 4) is 0 Å². The Hall–Kier alpha value is -0.470. The summed E-state index contributed by atoms with van der Waals surface area (Å²) in [5.41, 5.74) is 2.25. The molecule has 80 valence electrons. The monoisotopic (exact) mass is 285 g/mol. The summed E-state index contributed by atoms with van der Waals surface area (Å²) in [7, 11) is 0. The molecule has 0 spiro atoms. The van der Waals surface area contributed by atoms with E-state index in [0.717, 1.165) is 28.1 Å². The minimum atomic E-state index is 0.785. The van der Waals surface area contributed by atoms with Crippen molar-refractivity contribution in [2.75, 3.05) is 11.4 Å². The van der Waals surface area contributed by atoms with Gasteiger partial charge in [-0.05, 0) is 37.5 Å². The molecule has 1 aromatic rings. The van der Waals surface area contributed by atoms with E-state index in [9.17, 15) is 0 Å². The number of rotatable bonds is 1. The normalized spacial score (nSPS) is 16.9. The molecule has 1 aliphatic heterocycles. The minimum Gasteiger partial charge on any atom is -0.345 e. The summed E-state index contributed by atoms with van der Waals surface area (Å²) in [6, 6.07) is 5.99. The van der Waals surface area contributed by atoms with Gasteiger partial charge in [0.25, 0.3) is 0 Å². The van der Waals surface area contributed by atoms with Gasteiger partial charge in [-0.25, -0.2) is 0 Å². The number of halogens is 2. The fraction of sp³-hybridized carbons (Fsp3) is 0.333. The third-order valence-corrected chi connectivity index (χ3v) is 3.48. The first-order valence-electron chi connectivity index (χ1n) is 5.09. The summed E-state index contributed by atoms with van der Waals surface area (Å²) in [4.78, 5) is 2.22. The molecular weight excluding hydrogens is 273 g/mol. The van der Waals surface area contributed by atoms with Crippen molar-refractivity contribution in [1.29, 1.82) is 0 Å². The van der Waals surface area contributed by atoms with Crippen LogP contribution in [0.5, 0.6) is 0 Å². The first-order chi connectivity index (χ1) is 7.18. The molecule has 0 saturated carbocycles. The topological polar surface area (TPSA) is 3.24 Å². The van der Waals surface area contributed by atoms with Gasteiger partial charge < -0.3 is 4.90 Å². The molecule has 1 saturated heterocycles. The molecule has 1 heterocycles. The van der Waals surface area contributed by atoms with Crippen LogP contribution in [0, 0.1) is 0 Å². The van der Waals surface area contributed by atoms with Gasteiger partial charge in [-0.2, -0.15) is 0 Å². The van der Waals surface area contributed by atoms with Gasteiger partial charge in [-0.3, -0.25) is 0 Å². The largest absolute Gasteiger partial charge is 0.345 e. The second-order valence-corrected chi connectivity index (χ2v) is 5.09. The van der Waals surface area contributed by atoms with Crippen LogP contribution in [0.4, 0.5) is 5.69 Å². The van der Waals surface area contributed by atoms with Gasteiger partial charge >= 0.3 is 0 Å². The highest BCUT2D eigenvalue weighted by Crippen LogP contribution is 2.33. The maximum atomic E-state index is 6.22. The third-order valence-electron chi connectivity index (χ3n) is 2.68. The van der Waals surface area contributed by atoms with Gasteiger partial charge in [0.2, 0.25) is 0 Å². The first-order valence-corrected chi connectivity index (χ1v) is 6.26. The number of anilines is 1. The summed E-state index contributed by atoms with van der Waals surface area (Å²) >= 11 is 9.63. The lowest BCUT2D eigenvalue weighted by atomic mass is 10.1. The van der Waals surface area contributed by atoms with E-state index in [1.165, 1.54) is 18.5 Å². The predicted molar refractivity (Wildman–Crippen MR) is 69.5 cm³/mol. The average molecular weight is 287 g/mol. The van der Waals surface area contributed by atoms with Crippen molar-refractivity contribution in [3.05, 3.63) is 40.0 Å². The van der Waals surface area contributed by atoms with E-state index in [1.807, 2.05) is 18.2 Å². The molecule has 15 heavy (non-hydrogen) atoms. The second kappa shape index (κ2) is 4.58. The van der Waals surface area contributed by atoms with Crippen molar-refractivity contribution in [2.24, 2.45) is 0 Å². The van der Waals surface area contributed by atoms with Gasteiger partial charge in [-0.15, -0.1) is 0 Å². The quantitative estimate of drug-likeness (QED) is 0.729. The van der Waals surface area contributed by atoms with Crippen LogP contribution in [-0.4, -0.2) is 6.54 Å². The second-order valence-electron chi connectivity index (χ2n) is 3.77. The highest BCUT2D eigenvalue weighted by atomic mass is 79.9. The molecule has 1 fully saturated rings. The van der Waals surface area contributed by atoms with E-state index in [4.69, 9.17) is 11.6 Å². The zero-order chi connectivity index (χ0) is 10.8. The van der Waals surface area contributed by atoms with Gasteiger partial charge in [0.15, 0.2) is 0 Å². The van der Waals surface area contributed by atoms with E-state index in [1.54, 1.807) is 0 Å². The zero-order valence-electron chi connectivity index (χ0n) is 8.47. The number of nitrogens with zero attached hydrogens (tertiary/aromatic N) is 1. The molecule has 1 aromatic carbocycles. The molecule has 0 aliphatic carbocycles. The SMILES string of the molecule is C=C1CCCCN1c1ccc(Br)cc1Cl. The van der Waals surface area contributed by atoms with Gasteiger partial charge in [0, 0.05) is 16.7 Å². The molecule has 1 nitrogen and oxygen atoms in total. The Morgan fingerprint density at radius 1 is 1.33 bits per heavy atom. The van der Waals surface area contributed by atoms with Crippen molar-refractivity contribution < 1.29 is 0 Å². The summed E-state index contributed by atoms with van der Waals surface area (Å²) in [6.45, 7) is 5.12. The lowest BCUT2D eigenvalue weighted by Crippen LogP contribution is -2.27. The van der Waals surface area contributed by atoms with Gasteiger partial charge in [-0.1, -0.05) is 34.1 Å². The lowest BCUT2D eigenvalue weighted by Gasteiger charge is -2.31. The van der Waals surface area contributed by atoms with Crippen LogP contribution in [0.2, 0.25) is 5.02 Å². The Morgan fingerprint density at radius 2 is 2.13 bits per heavy atom. The van der Waals surface area contributed by atoms with E-state index >= 15 is 0 Å². The molecule has 0 unspecified atom stereocenters. The molecule has 2 rings (SSSR count). The number of hydrogen-bond donors (Lipinski definition) is 0. The smallest absolute Gasteiger partial charge is 0.0654 e. The first kappa shape index (κ1) is 11.0. The Labute approximate surface area is 104 Å². The summed E-state index contributed by atoms with van der Waals surface area (Å²) in [5, 5.41) is 0.785. The van der Waals surface area contributed by atoms with Crippen LogP contribution in [-0.2, 0) is 0 Å². The summed E-state index contributed by atoms with van der Waals surface area (Å²) in [5.74, 6) is 0. The van der Waals surface area contributed by atoms with E-state index < -0.39 is 0 Å². The molecular formula is C12H13BrClN. The Bertz CT molecular complexity index is 389. The fourth-order valence-corrected chi connectivity index (χ4v) is 2.66. The molecule has 0 atom stereocenters. The Kier molecular flexibility index (Phi) is 3.37. The highest BCUT2D eigenvalue weighted by Gasteiger charge is 2.16. The third kappa shape index (κ3) is 2.37. The van der Waals surface area contributed by atoms with Gasteiger partial charge in [0.05, 0.1) is 10.7 Å². The van der Waals surface area contributed by atoms with Crippen LogP contribution >= 0.6 is 27.5 Å². The van der Waals surface area contributed by atoms with Gasteiger partial charge in [0.1, 0.15) is 0 Å². The molecule has 0 radical (unpaired) electrons. The number of hydrogen-bond acceptors (Lipinski definition) is 1. The number of benzene rings is 1. The summed E-state index contributed by atoms with van der Waals surface area (Å²) in [6.07, 6.45) is 3.53. The van der Waals surface area contributed by atoms with Crippen LogP contribution in [0.1, 0.15) is 19.3 Å². The Morgan fingerprint density at radius 3 is 2.80 bits per heavy atom. The fourth-order valence-electron chi connectivity index (χ4n) is 1.88.